The maximum absolute atomic E-state index is 12.1. The van der Waals surface area contributed by atoms with Crippen molar-refractivity contribution < 1.29 is 8.73 Å². The van der Waals surface area contributed by atoms with Crippen molar-refractivity contribution in [1.29, 1.82) is 0 Å². The van der Waals surface area contributed by atoms with E-state index in [0.29, 0.717) is 11.5 Å². The SMILES string of the molecule is CCc1noc(C)c1CS(=O)CCc1cccs1. The summed E-state index contributed by atoms with van der Waals surface area (Å²) in [6.07, 6.45) is 1.71. The van der Waals surface area contributed by atoms with Crippen LogP contribution >= 0.6 is 11.3 Å². The summed E-state index contributed by atoms with van der Waals surface area (Å²) in [5.74, 6) is 2.06. The minimum Gasteiger partial charge on any atom is -0.361 e. The van der Waals surface area contributed by atoms with Gasteiger partial charge in [-0.15, -0.1) is 11.3 Å². The van der Waals surface area contributed by atoms with Crippen LogP contribution in [0, 0.1) is 6.92 Å². The highest BCUT2D eigenvalue weighted by Gasteiger charge is 2.14. The van der Waals surface area contributed by atoms with E-state index in [-0.39, 0.29) is 0 Å². The molecule has 0 bridgehead atoms. The Hall–Kier alpha value is -0.940. The molecule has 0 aliphatic rings. The van der Waals surface area contributed by atoms with Gasteiger partial charge in [-0.3, -0.25) is 4.21 Å². The molecular formula is C13H17NO2S2. The van der Waals surface area contributed by atoms with Gasteiger partial charge in [0.2, 0.25) is 0 Å². The number of rotatable bonds is 6. The maximum atomic E-state index is 12.1. The third-order valence-electron chi connectivity index (χ3n) is 2.86. The third kappa shape index (κ3) is 3.29. The van der Waals surface area contributed by atoms with E-state index in [4.69, 9.17) is 4.52 Å². The second-order valence-corrected chi connectivity index (χ2v) is 6.74. The van der Waals surface area contributed by atoms with Crippen molar-refractivity contribution in [1.82, 2.24) is 5.16 Å². The van der Waals surface area contributed by atoms with Gasteiger partial charge in [-0.2, -0.15) is 0 Å². The number of aromatic nitrogens is 1. The molecule has 1 unspecified atom stereocenters. The predicted molar refractivity (Wildman–Crippen MR) is 75.4 cm³/mol. The van der Waals surface area contributed by atoms with Crippen molar-refractivity contribution in [2.75, 3.05) is 5.75 Å². The molecule has 0 aliphatic carbocycles. The minimum atomic E-state index is -0.850. The van der Waals surface area contributed by atoms with Crippen LogP contribution in [-0.4, -0.2) is 15.1 Å². The molecule has 2 aromatic rings. The van der Waals surface area contributed by atoms with Crippen molar-refractivity contribution in [3.8, 4) is 0 Å². The van der Waals surface area contributed by atoms with Crippen LogP contribution in [0.5, 0.6) is 0 Å². The fourth-order valence-electron chi connectivity index (χ4n) is 1.80. The summed E-state index contributed by atoms with van der Waals surface area (Å²) < 4.78 is 17.2. The van der Waals surface area contributed by atoms with Crippen LogP contribution in [0.25, 0.3) is 0 Å². The average molecular weight is 283 g/mol. The van der Waals surface area contributed by atoms with E-state index in [0.717, 1.165) is 29.9 Å². The Morgan fingerprint density at radius 3 is 3.00 bits per heavy atom. The largest absolute Gasteiger partial charge is 0.361 e. The smallest absolute Gasteiger partial charge is 0.138 e. The Balaban J connectivity index is 1.92. The van der Waals surface area contributed by atoms with Gasteiger partial charge in [0.1, 0.15) is 5.76 Å². The molecule has 2 heterocycles. The van der Waals surface area contributed by atoms with Crippen LogP contribution in [-0.2, 0) is 29.4 Å². The zero-order chi connectivity index (χ0) is 13.0. The molecule has 18 heavy (non-hydrogen) atoms. The molecule has 0 saturated heterocycles. The van der Waals surface area contributed by atoms with E-state index in [1.807, 2.05) is 19.9 Å². The van der Waals surface area contributed by atoms with Crippen molar-refractivity contribution in [2.24, 2.45) is 0 Å². The Morgan fingerprint density at radius 2 is 2.33 bits per heavy atom. The molecule has 0 fully saturated rings. The van der Waals surface area contributed by atoms with Crippen LogP contribution in [0.4, 0.5) is 0 Å². The van der Waals surface area contributed by atoms with Gasteiger partial charge in [-0.05, 0) is 31.2 Å². The standard InChI is InChI=1S/C13H17NO2S2/c1-3-13-12(10(2)16-14-13)9-18(15)8-6-11-5-4-7-17-11/h4-5,7H,3,6,8-9H2,1-2H3. The lowest BCUT2D eigenvalue weighted by molar-refractivity contribution is 0.390. The molecule has 2 aromatic heterocycles. The fourth-order valence-corrected chi connectivity index (χ4v) is 3.92. The van der Waals surface area contributed by atoms with Gasteiger partial charge in [-0.25, -0.2) is 0 Å². The van der Waals surface area contributed by atoms with Crippen LogP contribution < -0.4 is 0 Å². The second kappa shape index (κ2) is 6.29. The zero-order valence-corrected chi connectivity index (χ0v) is 12.3. The van der Waals surface area contributed by atoms with Crippen LogP contribution in [0.3, 0.4) is 0 Å². The van der Waals surface area contributed by atoms with Gasteiger partial charge in [0.15, 0.2) is 0 Å². The first kappa shape index (κ1) is 13.5. The summed E-state index contributed by atoms with van der Waals surface area (Å²) in [6, 6.07) is 4.12. The number of aryl methyl sites for hydroxylation is 3. The zero-order valence-electron chi connectivity index (χ0n) is 10.6. The Morgan fingerprint density at radius 1 is 1.50 bits per heavy atom. The lowest BCUT2D eigenvalue weighted by atomic mass is 10.2. The quantitative estimate of drug-likeness (QED) is 0.818. The van der Waals surface area contributed by atoms with Gasteiger partial charge in [0.25, 0.3) is 0 Å². The van der Waals surface area contributed by atoms with Crippen LogP contribution in [0.15, 0.2) is 22.0 Å². The summed E-state index contributed by atoms with van der Waals surface area (Å²) in [5, 5.41) is 6.04. The number of thiophene rings is 1. The lowest BCUT2D eigenvalue weighted by Gasteiger charge is -2.01. The molecule has 0 radical (unpaired) electrons. The Kier molecular flexibility index (Phi) is 4.72. The van der Waals surface area contributed by atoms with Gasteiger partial charge >= 0.3 is 0 Å². The third-order valence-corrected chi connectivity index (χ3v) is 5.07. The van der Waals surface area contributed by atoms with Gasteiger partial charge < -0.3 is 4.52 Å². The first-order chi connectivity index (χ1) is 8.70. The first-order valence-corrected chi connectivity index (χ1v) is 8.38. The molecule has 0 aliphatic heterocycles. The topological polar surface area (TPSA) is 43.1 Å². The molecule has 0 spiro atoms. The lowest BCUT2D eigenvalue weighted by Crippen LogP contribution is -2.05. The molecule has 0 saturated carbocycles. The monoisotopic (exact) mass is 283 g/mol. The highest BCUT2D eigenvalue weighted by molar-refractivity contribution is 7.84. The van der Waals surface area contributed by atoms with E-state index in [2.05, 4.69) is 16.6 Å². The molecule has 5 heteroatoms. The number of hydrogen-bond acceptors (Lipinski definition) is 4. The summed E-state index contributed by atoms with van der Waals surface area (Å²) in [6.45, 7) is 3.92. The Bertz CT molecular complexity index is 517. The van der Waals surface area contributed by atoms with Gasteiger partial charge in [0.05, 0.1) is 11.4 Å². The van der Waals surface area contributed by atoms with Crippen molar-refractivity contribution in [2.45, 2.75) is 32.4 Å². The fraction of sp³-hybridized carbons (Fsp3) is 0.462. The Labute approximate surface area is 114 Å². The molecule has 0 N–H and O–H groups in total. The van der Waals surface area contributed by atoms with Crippen molar-refractivity contribution in [3.63, 3.8) is 0 Å². The van der Waals surface area contributed by atoms with E-state index < -0.39 is 10.8 Å². The van der Waals surface area contributed by atoms with E-state index >= 15 is 0 Å². The number of hydrogen-bond donors (Lipinski definition) is 0. The molecule has 2 rings (SSSR count). The first-order valence-electron chi connectivity index (χ1n) is 6.02. The highest BCUT2D eigenvalue weighted by Crippen LogP contribution is 2.17. The normalized spacial score (nSPS) is 12.8. The van der Waals surface area contributed by atoms with E-state index in [1.54, 1.807) is 11.3 Å². The van der Waals surface area contributed by atoms with Gasteiger partial charge in [-0.1, -0.05) is 18.1 Å². The van der Waals surface area contributed by atoms with Crippen molar-refractivity contribution in [3.05, 3.63) is 39.4 Å². The van der Waals surface area contributed by atoms with E-state index in [1.165, 1.54) is 4.88 Å². The molecule has 0 amide bonds. The van der Waals surface area contributed by atoms with Crippen molar-refractivity contribution >= 4 is 22.1 Å². The molecule has 0 aromatic carbocycles. The van der Waals surface area contributed by atoms with Crippen LogP contribution in [0.2, 0.25) is 0 Å². The molecule has 98 valence electrons. The highest BCUT2D eigenvalue weighted by atomic mass is 32.2. The van der Waals surface area contributed by atoms with Gasteiger partial charge in [0, 0.05) is 27.0 Å². The average Bonchev–Trinajstić information content (AvgIpc) is 2.98. The summed E-state index contributed by atoms with van der Waals surface area (Å²) >= 11 is 1.72. The number of nitrogens with zero attached hydrogens (tertiary/aromatic N) is 1. The summed E-state index contributed by atoms with van der Waals surface area (Å²) in [7, 11) is -0.850. The summed E-state index contributed by atoms with van der Waals surface area (Å²) in [4.78, 5) is 1.29. The molecule has 3 nitrogen and oxygen atoms in total. The van der Waals surface area contributed by atoms with Crippen LogP contribution in [0.1, 0.15) is 28.8 Å². The maximum Gasteiger partial charge on any atom is 0.138 e. The second-order valence-electron chi connectivity index (χ2n) is 4.14. The molecular weight excluding hydrogens is 266 g/mol. The molecule has 1 atom stereocenters. The predicted octanol–water partition coefficient (Wildman–Crippen LogP) is 3.10. The minimum absolute atomic E-state index is 0.559. The van der Waals surface area contributed by atoms with E-state index in [9.17, 15) is 4.21 Å². The summed E-state index contributed by atoms with van der Waals surface area (Å²) in [5.41, 5.74) is 1.97.